The summed E-state index contributed by atoms with van der Waals surface area (Å²) in [6.07, 6.45) is 3.20. The first-order chi connectivity index (χ1) is 7.96. The van der Waals surface area contributed by atoms with Gasteiger partial charge in [0.05, 0.1) is 16.3 Å². The molecule has 2 aromatic heterocycles. The van der Waals surface area contributed by atoms with Crippen molar-refractivity contribution in [2.75, 3.05) is 0 Å². The Bertz CT molecular complexity index is 498. The molecule has 2 rings (SSSR count). The third-order valence-corrected chi connectivity index (χ3v) is 3.73. The van der Waals surface area contributed by atoms with E-state index in [1.807, 2.05) is 11.4 Å². The molecule has 0 saturated carbocycles. The number of hydrogen-bond acceptors (Lipinski definition) is 3. The first-order valence-electron chi connectivity index (χ1n) is 5.97. The highest BCUT2D eigenvalue weighted by Gasteiger charge is 2.15. The molecule has 3 heteroatoms. The van der Waals surface area contributed by atoms with Crippen molar-refractivity contribution in [1.29, 1.82) is 0 Å². The van der Waals surface area contributed by atoms with Crippen molar-refractivity contribution in [3.05, 3.63) is 29.3 Å². The molecular weight excluding hydrogens is 230 g/mol. The van der Waals surface area contributed by atoms with Gasteiger partial charge < -0.3 is 5.11 Å². The number of fused-ring (bicyclic) bond motifs is 1. The quantitative estimate of drug-likeness (QED) is 0.886. The van der Waals surface area contributed by atoms with Gasteiger partial charge in [0.25, 0.3) is 0 Å². The van der Waals surface area contributed by atoms with Crippen LogP contribution >= 0.6 is 11.3 Å². The van der Waals surface area contributed by atoms with Gasteiger partial charge in [-0.15, -0.1) is 11.3 Å². The van der Waals surface area contributed by atoms with Gasteiger partial charge in [-0.3, -0.25) is 4.98 Å². The Hall–Kier alpha value is -0.930. The van der Waals surface area contributed by atoms with Gasteiger partial charge in [0.1, 0.15) is 0 Å². The zero-order valence-electron chi connectivity index (χ0n) is 10.6. The van der Waals surface area contributed by atoms with Crippen molar-refractivity contribution in [2.24, 2.45) is 5.41 Å². The van der Waals surface area contributed by atoms with E-state index in [1.165, 1.54) is 0 Å². The molecule has 0 spiro atoms. The molecule has 1 N–H and O–H groups in total. The highest BCUT2D eigenvalue weighted by atomic mass is 32.1. The Balaban J connectivity index is 2.10. The van der Waals surface area contributed by atoms with Crippen LogP contribution in [-0.4, -0.2) is 10.1 Å². The third kappa shape index (κ3) is 3.27. The summed E-state index contributed by atoms with van der Waals surface area (Å²) in [4.78, 5) is 4.36. The fourth-order valence-electron chi connectivity index (χ4n) is 1.78. The molecule has 0 radical (unpaired) electrons. The van der Waals surface area contributed by atoms with E-state index >= 15 is 0 Å². The maximum absolute atomic E-state index is 10.1. The number of aromatic nitrogens is 1. The molecule has 0 amide bonds. The van der Waals surface area contributed by atoms with Gasteiger partial charge in [-0.2, -0.15) is 0 Å². The van der Waals surface area contributed by atoms with Crippen LogP contribution in [0.1, 0.15) is 45.3 Å². The molecule has 0 aliphatic rings. The summed E-state index contributed by atoms with van der Waals surface area (Å²) in [5, 5.41) is 12.2. The second kappa shape index (κ2) is 4.75. The summed E-state index contributed by atoms with van der Waals surface area (Å²) in [6, 6.07) is 4.06. The lowest BCUT2D eigenvalue weighted by Crippen LogP contribution is -2.08. The van der Waals surface area contributed by atoms with E-state index in [2.05, 4.69) is 31.8 Å². The fourth-order valence-corrected chi connectivity index (χ4v) is 2.57. The number of aliphatic hydroxyl groups excluding tert-OH is 1. The van der Waals surface area contributed by atoms with E-state index in [1.54, 1.807) is 17.5 Å². The van der Waals surface area contributed by atoms with E-state index < -0.39 is 6.10 Å². The predicted molar refractivity (Wildman–Crippen MR) is 73.3 cm³/mol. The zero-order chi connectivity index (χ0) is 12.5. The topological polar surface area (TPSA) is 33.1 Å². The Kier molecular flexibility index (Phi) is 3.50. The minimum atomic E-state index is -0.395. The van der Waals surface area contributed by atoms with E-state index in [4.69, 9.17) is 0 Å². The summed E-state index contributed by atoms with van der Waals surface area (Å²) < 4.78 is 1.15. The van der Waals surface area contributed by atoms with Crippen LogP contribution in [0.15, 0.2) is 23.7 Å². The maximum Gasteiger partial charge on any atom is 0.0809 e. The SMILES string of the molecule is CC(C)(C)CCC(O)c1cnc2ccsc2c1. The van der Waals surface area contributed by atoms with Crippen LogP contribution < -0.4 is 0 Å². The van der Waals surface area contributed by atoms with Crippen LogP contribution in [0.2, 0.25) is 0 Å². The molecule has 2 nitrogen and oxygen atoms in total. The normalized spacial score (nSPS) is 14.1. The van der Waals surface area contributed by atoms with Crippen molar-refractivity contribution in [3.8, 4) is 0 Å². The van der Waals surface area contributed by atoms with Crippen molar-refractivity contribution in [3.63, 3.8) is 0 Å². The van der Waals surface area contributed by atoms with E-state index in [0.29, 0.717) is 0 Å². The lowest BCUT2D eigenvalue weighted by atomic mass is 9.88. The largest absolute Gasteiger partial charge is 0.388 e. The van der Waals surface area contributed by atoms with Crippen LogP contribution in [0.25, 0.3) is 10.2 Å². The Morgan fingerprint density at radius 3 is 2.88 bits per heavy atom. The zero-order valence-corrected chi connectivity index (χ0v) is 11.4. The van der Waals surface area contributed by atoms with Crippen molar-refractivity contribution < 1.29 is 5.11 Å². The number of rotatable bonds is 3. The van der Waals surface area contributed by atoms with E-state index in [-0.39, 0.29) is 5.41 Å². The van der Waals surface area contributed by atoms with Gasteiger partial charge in [0, 0.05) is 11.8 Å². The van der Waals surface area contributed by atoms with Gasteiger partial charge in [0.15, 0.2) is 0 Å². The summed E-state index contributed by atoms with van der Waals surface area (Å²) in [5.41, 5.74) is 2.22. The molecule has 0 fully saturated rings. The van der Waals surface area contributed by atoms with E-state index in [0.717, 1.165) is 28.6 Å². The molecule has 0 bridgehead atoms. The smallest absolute Gasteiger partial charge is 0.0809 e. The molecule has 0 aliphatic carbocycles. The van der Waals surface area contributed by atoms with Gasteiger partial charge in [-0.05, 0) is 35.8 Å². The molecule has 0 aromatic carbocycles. The van der Waals surface area contributed by atoms with Crippen molar-refractivity contribution in [1.82, 2.24) is 4.98 Å². The molecule has 0 saturated heterocycles. The Morgan fingerprint density at radius 1 is 1.41 bits per heavy atom. The molecule has 0 aliphatic heterocycles. The first-order valence-corrected chi connectivity index (χ1v) is 6.85. The number of hydrogen-bond donors (Lipinski definition) is 1. The summed E-state index contributed by atoms with van der Waals surface area (Å²) in [7, 11) is 0. The molecule has 1 atom stereocenters. The minimum absolute atomic E-state index is 0.265. The molecule has 92 valence electrons. The lowest BCUT2D eigenvalue weighted by Gasteiger charge is -2.20. The molecule has 2 heterocycles. The maximum atomic E-state index is 10.1. The van der Waals surface area contributed by atoms with Crippen LogP contribution in [0.5, 0.6) is 0 Å². The van der Waals surface area contributed by atoms with Gasteiger partial charge >= 0.3 is 0 Å². The number of nitrogens with zero attached hydrogens (tertiary/aromatic N) is 1. The fraction of sp³-hybridized carbons (Fsp3) is 0.500. The monoisotopic (exact) mass is 249 g/mol. The highest BCUT2D eigenvalue weighted by Crippen LogP contribution is 2.29. The molecule has 17 heavy (non-hydrogen) atoms. The van der Waals surface area contributed by atoms with Crippen LogP contribution in [0, 0.1) is 5.41 Å². The summed E-state index contributed by atoms with van der Waals surface area (Å²) in [5.74, 6) is 0. The summed E-state index contributed by atoms with van der Waals surface area (Å²) >= 11 is 1.67. The lowest BCUT2D eigenvalue weighted by molar-refractivity contribution is 0.147. The molecule has 2 aromatic rings. The highest BCUT2D eigenvalue weighted by molar-refractivity contribution is 7.17. The Labute approximate surface area is 106 Å². The average molecular weight is 249 g/mol. The number of aliphatic hydroxyl groups is 1. The first kappa shape index (κ1) is 12.5. The standard InChI is InChI=1S/C14H19NOS/c1-14(2,3)6-4-12(16)10-8-13-11(15-9-10)5-7-17-13/h5,7-9,12,16H,4,6H2,1-3H3. The third-order valence-electron chi connectivity index (χ3n) is 2.88. The van der Waals surface area contributed by atoms with Gasteiger partial charge in [0.2, 0.25) is 0 Å². The summed E-state index contributed by atoms with van der Waals surface area (Å²) in [6.45, 7) is 6.58. The van der Waals surface area contributed by atoms with Gasteiger partial charge in [-0.25, -0.2) is 0 Å². The molecular formula is C14H19NOS. The molecule has 1 unspecified atom stereocenters. The van der Waals surface area contributed by atoms with Crippen molar-refractivity contribution >= 4 is 21.6 Å². The van der Waals surface area contributed by atoms with Gasteiger partial charge in [-0.1, -0.05) is 20.8 Å². The second-order valence-corrected chi connectivity index (χ2v) is 6.64. The van der Waals surface area contributed by atoms with Crippen LogP contribution in [0.4, 0.5) is 0 Å². The van der Waals surface area contributed by atoms with Crippen LogP contribution in [0.3, 0.4) is 0 Å². The average Bonchev–Trinajstić information content (AvgIpc) is 2.71. The Morgan fingerprint density at radius 2 is 2.18 bits per heavy atom. The minimum Gasteiger partial charge on any atom is -0.388 e. The number of pyridine rings is 1. The van der Waals surface area contributed by atoms with E-state index in [9.17, 15) is 5.11 Å². The van der Waals surface area contributed by atoms with Crippen LogP contribution in [-0.2, 0) is 0 Å². The number of thiophene rings is 1. The van der Waals surface area contributed by atoms with Crippen molar-refractivity contribution in [2.45, 2.75) is 39.7 Å². The predicted octanol–water partition coefficient (Wildman–Crippen LogP) is 4.16. The second-order valence-electron chi connectivity index (χ2n) is 5.69.